The Morgan fingerprint density at radius 3 is 2.58 bits per heavy atom. The average molecular weight is 287 g/mol. The number of aliphatic carboxylic acids is 1. The molecule has 106 valence electrons. The van der Waals surface area contributed by atoms with E-state index in [1.807, 2.05) is 0 Å². The first-order valence-corrected chi connectivity index (χ1v) is 7.48. The fraction of sp³-hybridized carbons (Fsp3) is 0.636. The lowest BCUT2D eigenvalue weighted by atomic mass is 9.75. The number of nitrogens with one attached hydrogen (secondary N) is 1. The van der Waals surface area contributed by atoms with Crippen LogP contribution < -0.4 is 4.72 Å². The van der Waals surface area contributed by atoms with Gasteiger partial charge in [0.25, 0.3) is 10.0 Å². The van der Waals surface area contributed by atoms with Gasteiger partial charge < -0.3 is 9.67 Å². The summed E-state index contributed by atoms with van der Waals surface area (Å²) in [6.45, 7) is 1.70. The number of aromatic nitrogens is 2. The predicted octanol–water partition coefficient (Wildman–Crippen LogP) is 0.404. The third-order valence-corrected chi connectivity index (χ3v) is 4.96. The number of rotatable bonds is 5. The van der Waals surface area contributed by atoms with Gasteiger partial charge in [0.2, 0.25) is 0 Å². The molecule has 1 aliphatic carbocycles. The highest BCUT2D eigenvalue weighted by Gasteiger charge is 2.43. The van der Waals surface area contributed by atoms with Crippen LogP contribution in [0.2, 0.25) is 0 Å². The first-order valence-electron chi connectivity index (χ1n) is 6.00. The van der Waals surface area contributed by atoms with E-state index in [1.54, 1.807) is 18.5 Å². The van der Waals surface area contributed by atoms with Crippen LogP contribution in [0.5, 0.6) is 0 Å². The molecule has 8 heteroatoms. The van der Waals surface area contributed by atoms with Crippen LogP contribution in [0.1, 0.15) is 31.5 Å². The summed E-state index contributed by atoms with van der Waals surface area (Å²) in [6.07, 6.45) is 3.15. The van der Waals surface area contributed by atoms with Gasteiger partial charge in [-0.25, -0.2) is 18.1 Å². The van der Waals surface area contributed by atoms with Crippen LogP contribution in [-0.4, -0.2) is 34.6 Å². The Morgan fingerprint density at radius 1 is 1.58 bits per heavy atom. The van der Waals surface area contributed by atoms with Gasteiger partial charge in [-0.05, 0) is 26.2 Å². The molecule has 1 fully saturated rings. The second-order valence-electron chi connectivity index (χ2n) is 5.05. The van der Waals surface area contributed by atoms with Crippen molar-refractivity contribution in [1.29, 1.82) is 0 Å². The van der Waals surface area contributed by atoms with Gasteiger partial charge in [-0.2, -0.15) is 0 Å². The zero-order valence-corrected chi connectivity index (χ0v) is 11.7. The maximum absolute atomic E-state index is 12.2. The van der Waals surface area contributed by atoms with Crippen molar-refractivity contribution in [3.8, 4) is 0 Å². The van der Waals surface area contributed by atoms with Gasteiger partial charge in [0, 0.05) is 18.8 Å². The van der Waals surface area contributed by atoms with E-state index in [2.05, 4.69) is 9.71 Å². The van der Waals surface area contributed by atoms with Crippen molar-refractivity contribution in [2.75, 3.05) is 0 Å². The van der Waals surface area contributed by atoms with Crippen LogP contribution in [0.25, 0.3) is 0 Å². The molecule has 0 spiro atoms. The van der Waals surface area contributed by atoms with E-state index < -0.39 is 21.5 Å². The molecule has 19 heavy (non-hydrogen) atoms. The smallest absolute Gasteiger partial charge is 0.305 e. The molecule has 0 amide bonds. The largest absolute Gasteiger partial charge is 0.481 e. The highest BCUT2D eigenvalue weighted by Crippen LogP contribution is 2.36. The van der Waals surface area contributed by atoms with E-state index >= 15 is 0 Å². The second kappa shape index (κ2) is 4.61. The van der Waals surface area contributed by atoms with Crippen molar-refractivity contribution in [2.45, 2.75) is 43.2 Å². The van der Waals surface area contributed by atoms with Gasteiger partial charge >= 0.3 is 5.97 Å². The SMILES string of the molecule is Cc1nc(S(=O)(=O)NC2(CC(=O)O)CCC2)cn1C. The first kappa shape index (κ1) is 14.0. The molecule has 1 aliphatic rings. The highest BCUT2D eigenvalue weighted by molar-refractivity contribution is 7.89. The van der Waals surface area contributed by atoms with Crippen molar-refractivity contribution < 1.29 is 18.3 Å². The molecular weight excluding hydrogens is 270 g/mol. The molecule has 1 saturated carbocycles. The third kappa shape index (κ3) is 2.79. The standard InChI is InChI=1S/C11H17N3O4S/c1-8-12-9(7-14(8)2)19(17,18)13-11(4-3-5-11)6-10(15)16/h7,13H,3-6H2,1-2H3,(H,15,16). The van der Waals surface area contributed by atoms with Crippen molar-refractivity contribution in [1.82, 2.24) is 14.3 Å². The molecule has 1 aromatic rings. The Labute approximate surface area is 111 Å². The van der Waals surface area contributed by atoms with Crippen LogP contribution in [0, 0.1) is 6.92 Å². The summed E-state index contributed by atoms with van der Waals surface area (Å²) in [5, 5.41) is 8.81. The van der Waals surface area contributed by atoms with E-state index in [-0.39, 0.29) is 11.4 Å². The average Bonchev–Trinajstić information content (AvgIpc) is 2.56. The molecule has 0 aliphatic heterocycles. The lowest BCUT2D eigenvalue weighted by Crippen LogP contribution is -2.54. The number of carbonyl (C=O) groups is 1. The summed E-state index contributed by atoms with van der Waals surface area (Å²) >= 11 is 0. The van der Waals surface area contributed by atoms with E-state index in [0.717, 1.165) is 6.42 Å². The van der Waals surface area contributed by atoms with Crippen LogP contribution in [0.15, 0.2) is 11.2 Å². The third-order valence-electron chi connectivity index (χ3n) is 3.51. The number of carboxylic acids is 1. The number of imidazole rings is 1. The molecular formula is C11H17N3O4S. The first-order chi connectivity index (χ1) is 8.74. The summed E-state index contributed by atoms with van der Waals surface area (Å²) in [5.74, 6) is -0.416. The number of aryl methyl sites for hydroxylation is 2. The number of hydrogen-bond donors (Lipinski definition) is 2. The number of nitrogens with zero attached hydrogens (tertiary/aromatic N) is 2. The van der Waals surface area contributed by atoms with Crippen molar-refractivity contribution in [2.24, 2.45) is 7.05 Å². The Morgan fingerprint density at radius 2 is 2.21 bits per heavy atom. The molecule has 0 bridgehead atoms. The maximum Gasteiger partial charge on any atom is 0.305 e. The van der Waals surface area contributed by atoms with Gasteiger partial charge in [-0.15, -0.1) is 0 Å². The predicted molar refractivity (Wildman–Crippen MR) is 67.1 cm³/mol. The number of hydrogen-bond acceptors (Lipinski definition) is 4. The topological polar surface area (TPSA) is 101 Å². The molecule has 2 rings (SSSR count). The minimum absolute atomic E-state index is 0.0656. The number of sulfonamides is 1. The van der Waals surface area contributed by atoms with E-state index in [9.17, 15) is 13.2 Å². The van der Waals surface area contributed by atoms with E-state index in [1.165, 1.54) is 6.20 Å². The second-order valence-corrected chi connectivity index (χ2v) is 6.68. The number of carboxylic acid groups (broad SMARTS) is 1. The highest BCUT2D eigenvalue weighted by atomic mass is 32.2. The van der Waals surface area contributed by atoms with Crippen LogP contribution in [0.3, 0.4) is 0 Å². The summed E-state index contributed by atoms with van der Waals surface area (Å²) in [4.78, 5) is 14.8. The fourth-order valence-electron chi connectivity index (χ4n) is 2.20. The van der Waals surface area contributed by atoms with Gasteiger partial charge in [0.15, 0.2) is 5.03 Å². The molecule has 0 atom stereocenters. The molecule has 7 nitrogen and oxygen atoms in total. The van der Waals surface area contributed by atoms with Crippen LogP contribution in [-0.2, 0) is 21.9 Å². The zero-order valence-electron chi connectivity index (χ0n) is 10.9. The Bertz CT molecular complexity index is 582. The van der Waals surface area contributed by atoms with Gasteiger partial charge in [-0.1, -0.05) is 0 Å². The Kier molecular flexibility index (Phi) is 3.40. The molecule has 0 saturated heterocycles. The monoisotopic (exact) mass is 287 g/mol. The summed E-state index contributed by atoms with van der Waals surface area (Å²) in [5.41, 5.74) is -0.851. The summed E-state index contributed by atoms with van der Waals surface area (Å²) in [7, 11) is -2.07. The molecule has 0 unspecified atom stereocenters. The molecule has 1 aromatic heterocycles. The van der Waals surface area contributed by atoms with E-state index in [4.69, 9.17) is 5.11 Å². The Hall–Kier alpha value is -1.41. The lowest BCUT2D eigenvalue weighted by molar-refractivity contribution is -0.139. The van der Waals surface area contributed by atoms with Crippen LogP contribution in [0.4, 0.5) is 0 Å². The van der Waals surface area contributed by atoms with E-state index in [0.29, 0.717) is 18.7 Å². The van der Waals surface area contributed by atoms with Gasteiger partial charge in [-0.3, -0.25) is 4.79 Å². The quantitative estimate of drug-likeness (QED) is 0.816. The fourth-order valence-corrected chi connectivity index (χ4v) is 3.70. The lowest BCUT2D eigenvalue weighted by Gasteiger charge is -2.40. The molecule has 0 radical (unpaired) electrons. The normalized spacial score (nSPS) is 18.0. The van der Waals surface area contributed by atoms with Gasteiger partial charge in [0.1, 0.15) is 5.82 Å². The zero-order chi connectivity index (χ0) is 14.3. The molecule has 0 aromatic carbocycles. The maximum atomic E-state index is 12.2. The van der Waals surface area contributed by atoms with Crippen molar-refractivity contribution in [3.05, 3.63) is 12.0 Å². The summed E-state index contributed by atoms with van der Waals surface area (Å²) < 4.78 is 28.5. The van der Waals surface area contributed by atoms with Crippen molar-refractivity contribution in [3.63, 3.8) is 0 Å². The van der Waals surface area contributed by atoms with Crippen molar-refractivity contribution >= 4 is 16.0 Å². The van der Waals surface area contributed by atoms with Crippen LogP contribution >= 0.6 is 0 Å². The minimum Gasteiger partial charge on any atom is -0.481 e. The van der Waals surface area contributed by atoms with Gasteiger partial charge in [0.05, 0.1) is 6.42 Å². The Balaban J connectivity index is 2.23. The molecule has 2 N–H and O–H groups in total. The summed E-state index contributed by atoms with van der Waals surface area (Å²) in [6, 6.07) is 0. The minimum atomic E-state index is -3.77. The molecule has 1 heterocycles.